The van der Waals surface area contributed by atoms with Crippen LogP contribution in [0.25, 0.3) is 0 Å². The number of halogens is 3. The van der Waals surface area contributed by atoms with E-state index in [0.717, 1.165) is 28.2 Å². The molecule has 0 aromatic heterocycles. The van der Waals surface area contributed by atoms with Crippen LogP contribution in [0.4, 0.5) is 23.7 Å². The van der Waals surface area contributed by atoms with Crippen molar-refractivity contribution in [3.63, 3.8) is 0 Å². The number of hydrogen-bond acceptors (Lipinski definition) is 4. The van der Waals surface area contributed by atoms with Gasteiger partial charge in [0.15, 0.2) is 0 Å². The van der Waals surface area contributed by atoms with Crippen LogP contribution in [0.2, 0.25) is 0 Å². The highest BCUT2D eigenvalue weighted by molar-refractivity contribution is 6.10. The van der Waals surface area contributed by atoms with Crippen molar-refractivity contribution in [1.82, 2.24) is 10.2 Å². The number of rotatable bonds is 4. The number of alkyl halides is 3. The maximum absolute atomic E-state index is 13.0. The van der Waals surface area contributed by atoms with Gasteiger partial charge in [0.1, 0.15) is 17.8 Å². The second kappa shape index (κ2) is 7.05. The van der Waals surface area contributed by atoms with Crippen molar-refractivity contribution in [3.8, 4) is 5.75 Å². The fourth-order valence-corrected chi connectivity index (χ4v) is 3.82. The number of carbonyl (C=O) groups excluding carboxylic acids is 3. The predicted octanol–water partition coefficient (Wildman–Crippen LogP) is 2.92. The van der Waals surface area contributed by atoms with E-state index in [4.69, 9.17) is 0 Å². The molecular formula is C20H16F3N3O4. The average molecular weight is 419 g/mol. The van der Waals surface area contributed by atoms with E-state index in [9.17, 15) is 27.6 Å². The third-order valence-corrected chi connectivity index (χ3v) is 5.10. The van der Waals surface area contributed by atoms with Crippen LogP contribution in [0.1, 0.15) is 17.5 Å². The Morgan fingerprint density at radius 1 is 1.13 bits per heavy atom. The number of ether oxygens (including phenoxy) is 1. The van der Waals surface area contributed by atoms with E-state index in [1.807, 2.05) is 12.1 Å². The number of anilines is 1. The zero-order chi connectivity index (χ0) is 21.5. The summed E-state index contributed by atoms with van der Waals surface area (Å²) in [5.41, 5.74) is 0.734. The molecule has 7 nitrogen and oxygen atoms in total. The number of nitrogens with one attached hydrogen (secondary N) is 2. The molecule has 10 heteroatoms. The molecule has 4 amide bonds. The van der Waals surface area contributed by atoms with Gasteiger partial charge in [0, 0.05) is 5.69 Å². The van der Waals surface area contributed by atoms with Crippen molar-refractivity contribution in [2.75, 3.05) is 11.9 Å². The monoisotopic (exact) mass is 419 g/mol. The van der Waals surface area contributed by atoms with Crippen LogP contribution in [-0.2, 0) is 21.5 Å². The van der Waals surface area contributed by atoms with E-state index in [2.05, 4.69) is 15.4 Å². The second-order valence-corrected chi connectivity index (χ2v) is 7.00. The van der Waals surface area contributed by atoms with Gasteiger partial charge in [-0.05, 0) is 48.2 Å². The van der Waals surface area contributed by atoms with E-state index in [1.165, 1.54) is 12.1 Å². The summed E-state index contributed by atoms with van der Waals surface area (Å²) >= 11 is 0. The lowest BCUT2D eigenvalue weighted by Crippen LogP contribution is -2.42. The van der Waals surface area contributed by atoms with Gasteiger partial charge in [-0.25, -0.2) is 4.79 Å². The van der Waals surface area contributed by atoms with Crippen molar-refractivity contribution >= 4 is 23.5 Å². The smallest absolute Gasteiger partial charge is 0.406 e. The zero-order valence-corrected chi connectivity index (χ0v) is 15.5. The second-order valence-electron chi connectivity index (χ2n) is 7.00. The first-order chi connectivity index (χ1) is 14.2. The van der Waals surface area contributed by atoms with Crippen molar-refractivity contribution < 1.29 is 32.3 Å². The number of hydrogen-bond donors (Lipinski definition) is 2. The minimum Gasteiger partial charge on any atom is -0.406 e. The van der Waals surface area contributed by atoms with Gasteiger partial charge in [0.2, 0.25) is 5.91 Å². The van der Waals surface area contributed by atoms with E-state index in [-0.39, 0.29) is 5.69 Å². The Labute approximate surface area is 168 Å². The molecular weight excluding hydrogens is 403 g/mol. The average Bonchev–Trinajstić information content (AvgIpc) is 3.16. The molecule has 1 aliphatic carbocycles. The Morgan fingerprint density at radius 3 is 2.53 bits per heavy atom. The van der Waals surface area contributed by atoms with E-state index >= 15 is 0 Å². The summed E-state index contributed by atoms with van der Waals surface area (Å²) in [6.45, 7) is -0.518. The number of carbonyl (C=O) groups is 3. The molecule has 4 rings (SSSR count). The highest BCUT2D eigenvalue weighted by Crippen LogP contribution is 2.41. The summed E-state index contributed by atoms with van der Waals surface area (Å²) in [6.07, 6.45) is -3.77. The molecule has 1 spiro atoms. The molecule has 1 unspecified atom stereocenters. The number of amides is 4. The summed E-state index contributed by atoms with van der Waals surface area (Å²) in [5.74, 6) is -1.59. The van der Waals surface area contributed by atoms with Gasteiger partial charge >= 0.3 is 12.4 Å². The number of urea groups is 1. The number of imide groups is 1. The molecule has 0 bridgehead atoms. The molecule has 1 aliphatic heterocycles. The fraction of sp³-hybridized carbons (Fsp3) is 0.250. The highest BCUT2D eigenvalue weighted by Gasteiger charge is 2.55. The van der Waals surface area contributed by atoms with Crippen molar-refractivity contribution in [2.45, 2.75) is 24.7 Å². The van der Waals surface area contributed by atoms with Crippen molar-refractivity contribution in [3.05, 3.63) is 59.7 Å². The van der Waals surface area contributed by atoms with E-state index in [1.54, 1.807) is 12.1 Å². The molecule has 156 valence electrons. The Balaban J connectivity index is 1.43. The largest absolute Gasteiger partial charge is 0.573 e. The van der Waals surface area contributed by atoms with Gasteiger partial charge in [-0.15, -0.1) is 13.2 Å². The molecule has 0 saturated carbocycles. The van der Waals surface area contributed by atoms with E-state index in [0.29, 0.717) is 12.8 Å². The molecule has 1 fully saturated rings. The minimum atomic E-state index is -4.82. The summed E-state index contributed by atoms with van der Waals surface area (Å²) < 4.78 is 40.4. The molecule has 2 aromatic carbocycles. The van der Waals surface area contributed by atoms with Crippen LogP contribution in [0, 0.1) is 0 Å². The molecule has 1 heterocycles. The first-order valence-corrected chi connectivity index (χ1v) is 9.06. The van der Waals surface area contributed by atoms with Crippen molar-refractivity contribution in [1.29, 1.82) is 0 Å². The van der Waals surface area contributed by atoms with Gasteiger partial charge in [0.05, 0.1) is 0 Å². The lowest BCUT2D eigenvalue weighted by Gasteiger charge is -2.22. The van der Waals surface area contributed by atoms with Gasteiger partial charge in [-0.2, -0.15) is 0 Å². The quantitative estimate of drug-likeness (QED) is 0.746. The molecule has 1 atom stereocenters. The lowest BCUT2D eigenvalue weighted by molar-refractivity contribution is -0.274. The molecule has 2 N–H and O–H groups in total. The summed E-state index contributed by atoms with van der Waals surface area (Å²) in [4.78, 5) is 38.6. The maximum Gasteiger partial charge on any atom is 0.573 e. The standard InChI is InChI=1S/C20H16F3N3O4/c21-20(22,23)30-14-7-5-13(6-8-14)24-16(27)11-26-17(28)19(25-18(26)29)10-9-12-3-1-2-4-15(12)19/h1-8H,9-11H2,(H,24,27)(H,25,29). The van der Waals surface area contributed by atoms with Crippen LogP contribution < -0.4 is 15.4 Å². The van der Waals surface area contributed by atoms with Crippen molar-refractivity contribution in [2.24, 2.45) is 0 Å². The zero-order valence-electron chi connectivity index (χ0n) is 15.5. The van der Waals surface area contributed by atoms with Crippen LogP contribution in [0.3, 0.4) is 0 Å². The third kappa shape index (κ3) is 3.56. The molecule has 30 heavy (non-hydrogen) atoms. The minimum absolute atomic E-state index is 0.197. The molecule has 2 aliphatic rings. The van der Waals surface area contributed by atoms with Crippen LogP contribution >= 0.6 is 0 Å². The van der Waals surface area contributed by atoms with Crippen LogP contribution in [0.15, 0.2) is 48.5 Å². The summed E-state index contributed by atoms with van der Waals surface area (Å²) in [6, 6.07) is 11.2. The fourth-order valence-electron chi connectivity index (χ4n) is 3.82. The lowest BCUT2D eigenvalue weighted by atomic mass is 9.92. The number of fused-ring (bicyclic) bond motifs is 2. The number of benzene rings is 2. The summed E-state index contributed by atoms with van der Waals surface area (Å²) in [7, 11) is 0. The molecule has 0 radical (unpaired) electrons. The Bertz CT molecular complexity index is 1020. The predicted molar refractivity (Wildman–Crippen MR) is 98.4 cm³/mol. The number of aryl methyl sites for hydroxylation is 1. The topological polar surface area (TPSA) is 87.7 Å². The Kier molecular flexibility index (Phi) is 4.64. The third-order valence-electron chi connectivity index (χ3n) is 5.10. The molecule has 1 saturated heterocycles. The SMILES string of the molecule is O=C(CN1C(=O)NC2(CCc3ccccc32)C1=O)Nc1ccc(OC(F)(F)F)cc1. The van der Waals surface area contributed by atoms with Gasteiger partial charge in [0.25, 0.3) is 5.91 Å². The number of nitrogens with zero attached hydrogens (tertiary/aromatic N) is 1. The first-order valence-electron chi connectivity index (χ1n) is 9.06. The maximum atomic E-state index is 13.0. The normalized spacial score (nSPS) is 20.3. The van der Waals surface area contributed by atoms with Gasteiger partial charge in [-0.1, -0.05) is 24.3 Å². The Morgan fingerprint density at radius 2 is 1.83 bits per heavy atom. The van der Waals surface area contributed by atoms with Gasteiger partial charge in [-0.3, -0.25) is 14.5 Å². The van der Waals surface area contributed by atoms with Crippen LogP contribution in [-0.4, -0.2) is 35.7 Å². The summed E-state index contributed by atoms with van der Waals surface area (Å²) in [5, 5.41) is 5.17. The molecule has 2 aromatic rings. The van der Waals surface area contributed by atoms with E-state index < -0.39 is 42.0 Å². The highest BCUT2D eigenvalue weighted by atomic mass is 19.4. The first kappa shape index (κ1) is 19.7. The van der Waals surface area contributed by atoms with Gasteiger partial charge < -0.3 is 15.4 Å². The van der Waals surface area contributed by atoms with Crippen LogP contribution in [0.5, 0.6) is 5.75 Å². The Hall–Kier alpha value is -3.56.